The Morgan fingerprint density at radius 2 is 1.82 bits per heavy atom. The Hall–Kier alpha value is -2.41. The molecule has 0 unspecified atom stereocenters. The number of hydrogen-bond acceptors (Lipinski definition) is 6. The highest BCUT2D eigenvalue weighted by Gasteiger charge is 2.37. The first kappa shape index (κ1) is 20.3. The summed E-state index contributed by atoms with van der Waals surface area (Å²) in [6.45, 7) is 4.79. The Bertz CT molecular complexity index is 710. The Morgan fingerprint density at radius 1 is 1.14 bits per heavy atom. The SMILES string of the molecule is CCOC(=O)CC(=O)[C@H]1CCN(C(=O)OC)[C@H](CN2Cc3ccccc3C2)C1. The van der Waals surface area contributed by atoms with Gasteiger partial charge in [-0.25, -0.2) is 4.79 Å². The first-order valence-electron chi connectivity index (χ1n) is 9.83. The van der Waals surface area contributed by atoms with Crippen molar-refractivity contribution in [2.24, 2.45) is 5.92 Å². The van der Waals surface area contributed by atoms with E-state index in [0.717, 1.165) is 13.1 Å². The van der Waals surface area contributed by atoms with Crippen LogP contribution in [0.3, 0.4) is 0 Å². The van der Waals surface area contributed by atoms with Crippen LogP contribution in [0.15, 0.2) is 24.3 Å². The normalized spacial score (nSPS) is 21.9. The lowest BCUT2D eigenvalue weighted by Gasteiger charge is -2.39. The van der Waals surface area contributed by atoms with Gasteiger partial charge in [-0.15, -0.1) is 0 Å². The molecule has 0 aliphatic carbocycles. The third-order valence-corrected chi connectivity index (χ3v) is 5.58. The van der Waals surface area contributed by atoms with Gasteiger partial charge >= 0.3 is 12.1 Å². The number of methoxy groups -OCH3 is 1. The Balaban J connectivity index is 1.65. The van der Waals surface area contributed by atoms with E-state index in [0.29, 0.717) is 25.9 Å². The molecule has 0 saturated carbocycles. The maximum absolute atomic E-state index is 12.5. The number of ether oxygens (including phenoxy) is 2. The number of fused-ring (bicyclic) bond motifs is 1. The fraction of sp³-hybridized carbons (Fsp3) is 0.571. The van der Waals surface area contributed by atoms with E-state index in [1.165, 1.54) is 18.2 Å². The highest BCUT2D eigenvalue weighted by atomic mass is 16.5. The van der Waals surface area contributed by atoms with Crippen LogP contribution in [0.2, 0.25) is 0 Å². The number of benzene rings is 1. The minimum atomic E-state index is -0.477. The van der Waals surface area contributed by atoms with Crippen LogP contribution in [0, 0.1) is 5.92 Å². The number of carbonyl (C=O) groups is 3. The monoisotopic (exact) mass is 388 g/mol. The molecule has 28 heavy (non-hydrogen) atoms. The van der Waals surface area contributed by atoms with Crippen molar-refractivity contribution in [2.75, 3.05) is 26.8 Å². The van der Waals surface area contributed by atoms with Gasteiger partial charge in [0.15, 0.2) is 0 Å². The summed E-state index contributed by atoms with van der Waals surface area (Å²) in [5, 5.41) is 0. The van der Waals surface area contributed by atoms with Crippen molar-refractivity contribution < 1.29 is 23.9 Å². The number of ketones is 1. The highest BCUT2D eigenvalue weighted by molar-refractivity contribution is 5.96. The van der Waals surface area contributed by atoms with Crippen molar-refractivity contribution in [2.45, 2.75) is 45.3 Å². The molecule has 2 aliphatic rings. The fourth-order valence-electron chi connectivity index (χ4n) is 4.20. The summed E-state index contributed by atoms with van der Waals surface area (Å²) in [5.41, 5.74) is 2.61. The third kappa shape index (κ3) is 4.70. The lowest BCUT2D eigenvalue weighted by Crippen LogP contribution is -2.51. The minimum absolute atomic E-state index is 0.0994. The van der Waals surface area contributed by atoms with Crippen molar-refractivity contribution in [3.63, 3.8) is 0 Å². The lowest BCUT2D eigenvalue weighted by molar-refractivity contribution is -0.146. The van der Waals surface area contributed by atoms with E-state index >= 15 is 0 Å². The number of nitrogens with zero attached hydrogens (tertiary/aromatic N) is 2. The second-order valence-corrected chi connectivity index (χ2v) is 7.42. The molecule has 2 heterocycles. The predicted octanol–water partition coefficient (Wildman–Crippen LogP) is 2.37. The number of likely N-dealkylation sites (tertiary alicyclic amines) is 1. The van der Waals surface area contributed by atoms with Crippen LogP contribution in [-0.4, -0.2) is 60.5 Å². The molecule has 7 heteroatoms. The van der Waals surface area contributed by atoms with Crippen molar-refractivity contribution in [3.05, 3.63) is 35.4 Å². The van der Waals surface area contributed by atoms with Gasteiger partial charge in [0.25, 0.3) is 0 Å². The second kappa shape index (κ2) is 9.19. The zero-order chi connectivity index (χ0) is 20.1. The van der Waals surface area contributed by atoms with Gasteiger partial charge in [-0.1, -0.05) is 24.3 Å². The van der Waals surface area contributed by atoms with Crippen molar-refractivity contribution >= 4 is 17.8 Å². The molecule has 1 fully saturated rings. The quantitative estimate of drug-likeness (QED) is 0.550. The molecule has 2 atom stereocenters. The van der Waals surface area contributed by atoms with Gasteiger partial charge in [0.2, 0.25) is 0 Å². The molecular weight excluding hydrogens is 360 g/mol. The van der Waals surface area contributed by atoms with E-state index in [4.69, 9.17) is 9.47 Å². The van der Waals surface area contributed by atoms with Gasteiger partial charge in [-0.3, -0.25) is 14.5 Å². The molecule has 0 spiro atoms. The van der Waals surface area contributed by atoms with Gasteiger partial charge in [0.1, 0.15) is 12.2 Å². The van der Waals surface area contributed by atoms with Crippen LogP contribution in [0.5, 0.6) is 0 Å². The van der Waals surface area contributed by atoms with E-state index in [-0.39, 0.29) is 36.9 Å². The molecule has 2 aliphatic heterocycles. The molecule has 0 aromatic heterocycles. The standard InChI is InChI=1S/C21H28N2O5/c1-3-28-20(25)11-19(24)15-8-9-23(21(26)27-2)18(10-15)14-22-12-16-6-4-5-7-17(16)13-22/h4-7,15,18H,3,8-14H2,1-2H3/t15-,18-/m0/s1. The maximum atomic E-state index is 12.5. The summed E-state index contributed by atoms with van der Waals surface area (Å²) in [5.74, 6) is -0.813. The number of amides is 1. The number of Topliss-reactive ketones (excluding diaryl/α,β-unsaturated/α-hetero) is 1. The van der Waals surface area contributed by atoms with E-state index < -0.39 is 5.97 Å². The predicted molar refractivity (Wildman–Crippen MR) is 102 cm³/mol. The average molecular weight is 388 g/mol. The smallest absolute Gasteiger partial charge is 0.409 e. The van der Waals surface area contributed by atoms with Crippen molar-refractivity contribution in [3.8, 4) is 0 Å². The van der Waals surface area contributed by atoms with Crippen LogP contribution >= 0.6 is 0 Å². The molecule has 1 saturated heterocycles. The number of carbonyl (C=O) groups excluding carboxylic acids is 3. The van der Waals surface area contributed by atoms with Gasteiger partial charge in [0, 0.05) is 38.1 Å². The molecule has 1 aromatic rings. The average Bonchev–Trinajstić information content (AvgIpc) is 3.09. The van der Waals surface area contributed by atoms with Crippen LogP contribution in [0.1, 0.15) is 37.3 Å². The Labute approximate surface area is 165 Å². The molecule has 1 amide bonds. The molecular formula is C21H28N2O5. The van der Waals surface area contributed by atoms with Gasteiger partial charge < -0.3 is 14.4 Å². The second-order valence-electron chi connectivity index (χ2n) is 7.42. The molecule has 1 aromatic carbocycles. The fourth-order valence-corrected chi connectivity index (χ4v) is 4.20. The summed E-state index contributed by atoms with van der Waals surface area (Å²) >= 11 is 0. The number of piperidine rings is 1. The zero-order valence-electron chi connectivity index (χ0n) is 16.6. The zero-order valence-corrected chi connectivity index (χ0v) is 16.6. The van der Waals surface area contributed by atoms with Crippen LogP contribution in [-0.2, 0) is 32.2 Å². The Morgan fingerprint density at radius 3 is 2.43 bits per heavy atom. The van der Waals surface area contributed by atoms with Crippen LogP contribution < -0.4 is 0 Å². The molecule has 0 bridgehead atoms. The van der Waals surface area contributed by atoms with E-state index in [9.17, 15) is 14.4 Å². The number of hydrogen-bond donors (Lipinski definition) is 0. The Kier molecular flexibility index (Phi) is 6.67. The van der Waals surface area contributed by atoms with Gasteiger partial charge in [-0.05, 0) is 30.9 Å². The minimum Gasteiger partial charge on any atom is -0.466 e. The van der Waals surface area contributed by atoms with Crippen LogP contribution in [0.25, 0.3) is 0 Å². The molecule has 7 nitrogen and oxygen atoms in total. The summed E-state index contributed by atoms with van der Waals surface area (Å²) < 4.78 is 9.85. The number of rotatable bonds is 6. The summed E-state index contributed by atoms with van der Waals surface area (Å²) in [7, 11) is 1.38. The van der Waals surface area contributed by atoms with Gasteiger partial charge in [-0.2, -0.15) is 0 Å². The van der Waals surface area contributed by atoms with E-state index in [1.54, 1.807) is 11.8 Å². The van der Waals surface area contributed by atoms with E-state index in [2.05, 4.69) is 17.0 Å². The van der Waals surface area contributed by atoms with E-state index in [1.807, 2.05) is 12.1 Å². The summed E-state index contributed by atoms with van der Waals surface area (Å²) in [4.78, 5) is 40.5. The summed E-state index contributed by atoms with van der Waals surface area (Å²) in [6.07, 6.45) is 0.529. The molecule has 3 rings (SSSR count). The topological polar surface area (TPSA) is 76.2 Å². The lowest BCUT2D eigenvalue weighted by atomic mass is 9.86. The van der Waals surface area contributed by atoms with Crippen molar-refractivity contribution in [1.29, 1.82) is 0 Å². The first-order valence-corrected chi connectivity index (χ1v) is 9.83. The van der Waals surface area contributed by atoms with Gasteiger partial charge in [0.05, 0.1) is 13.7 Å². The maximum Gasteiger partial charge on any atom is 0.409 e. The number of esters is 1. The molecule has 0 N–H and O–H groups in total. The third-order valence-electron chi connectivity index (χ3n) is 5.58. The largest absolute Gasteiger partial charge is 0.466 e. The first-order chi connectivity index (χ1) is 13.5. The molecule has 152 valence electrons. The highest BCUT2D eigenvalue weighted by Crippen LogP contribution is 2.29. The van der Waals surface area contributed by atoms with Crippen LogP contribution in [0.4, 0.5) is 4.79 Å². The van der Waals surface area contributed by atoms with Crippen molar-refractivity contribution in [1.82, 2.24) is 9.80 Å². The molecule has 0 radical (unpaired) electrons. The summed E-state index contributed by atoms with van der Waals surface area (Å²) in [6, 6.07) is 8.20.